The van der Waals surface area contributed by atoms with Crippen LogP contribution in [0, 0.1) is 0 Å². The van der Waals surface area contributed by atoms with E-state index in [-0.39, 0.29) is 16.6 Å². The van der Waals surface area contributed by atoms with Crippen molar-refractivity contribution in [2.45, 2.75) is 32.0 Å². The Labute approximate surface area is 123 Å². The van der Waals surface area contributed by atoms with Crippen molar-refractivity contribution in [3.63, 3.8) is 0 Å². The Hall–Kier alpha value is -1.08. The Kier molecular flexibility index (Phi) is 5.21. The van der Waals surface area contributed by atoms with Crippen LogP contribution >= 0.6 is 15.9 Å². The fourth-order valence-corrected chi connectivity index (χ4v) is 1.88. The zero-order valence-corrected chi connectivity index (χ0v) is 12.6. The maximum absolute atomic E-state index is 12.6. The molecule has 1 aromatic rings. The second-order valence-electron chi connectivity index (χ2n) is 4.72. The van der Waals surface area contributed by atoms with E-state index in [2.05, 4.69) is 21.2 Å². The van der Waals surface area contributed by atoms with Crippen molar-refractivity contribution in [2.75, 3.05) is 6.61 Å². The maximum atomic E-state index is 12.6. The SMILES string of the molecule is CCC(C)(CO)NC(=O)c1cc(C(F)(F)F)ccc1Br. The molecule has 0 bridgehead atoms. The predicted molar refractivity (Wildman–Crippen MR) is 72.4 cm³/mol. The molecule has 7 heteroatoms. The van der Waals surface area contributed by atoms with Gasteiger partial charge in [0.05, 0.1) is 23.3 Å². The average Bonchev–Trinajstić information content (AvgIpc) is 2.37. The molecule has 0 fully saturated rings. The van der Waals surface area contributed by atoms with Gasteiger partial charge in [0.2, 0.25) is 0 Å². The molecule has 0 radical (unpaired) electrons. The molecule has 0 aliphatic rings. The number of carbonyl (C=O) groups is 1. The molecule has 1 amide bonds. The van der Waals surface area contributed by atoms with Gasteiger partial charge in [-0.15, -0.1) is 0 Å². The van der Waals surface area contributed by atoms with Crippen molar-refractivity contribution in [3.05, 3.63) is 33.8 Å². The second kappa shape index (κ2) is 6.13. The standard InChI is InChI=1S/C13H15BrF3NO2/c1-3-12(2,7-19)18-11(20)9-6-8(13(15,16)17)4-5-10(9)14/h4-6,19H,3,7H2,1-2H3,(H,18,20). The minimum atomic E-state index is -4.51. The van der Waals surface area contributed by atoms with Crippen molar-refractivity contribution in [3.8, 4) is 0 Å². The number of benzene rings is 1. The summed E-state index contributed by atoms with van der Waals surface area (Å²) in [5, 5.41) is 11.8. The summed E-state index contributed by atoms with van der Waals surface area (Å²) >= 11 is 3.06. The highest BCUT2D eigenvalue weighted by Gasteiger charge is 2.32. The molecular weight excluding hydrogens is 339 g/mol. The molecule has 3 nitrogen and oxygen atoms in total. The Balaban J connectivity index is 3.10. The Bertz CT molecular complexity index is 499. The monoisotopic (exact) mass is 353 g/mol. The number of rotatable bonds is 4. The summed E-state index contributed by atoms with van der Waals surface area (Å²) in [6, 6.07) is 2.86. The second-order valence-corrected chi connectivity index (χ2v) is 5.57. The number of halogens is 4. The summed E-state index contributed by atoms with van der Waals surface area (Å²) in [5.74, 6) is -0.665. The van der Waals surface area contributed by atoms with E-state index in [0.717, 1.165) is 12.1 Å². The molecule has 1 rings (SSSR count). The van der Waals surface area contributed by atoms with Crippen LogP contribution < -0.4 is 5.32 Å². The highest BCUT2D eigenvalue weighted by molar-refractivity contribution is 9.10. The van der Waals surface area contributed by atoms with E-state index >= 15 is 0 Å². The fraction of sp³-hybridized carbons (Fsp3) is 0.462. The van der Waals surface area contributed by atoms with E-state index in [4.69, 9.17) is 0 Å². The molecular formula is C13H15BrF3NO2. The summed E-state index contributed by atoms with van der Waals surface area (Å²) in [6.45, 7) is 3.08. The topological polar surface area (TPSA) is 49.3 Å². The number of aliphatic hydroxyl groups excluding tert-OH is 1. The van der Waals surface area contributed by atoms with E-state index in [0.29, 0.717) is 6.42 Å². The van der Waals surface area contributed by atoms with Crippen LogP contribution in [-0.4, -0.2) is 23.2 Å². The van der Waals surface area contributed by atoms with Gasteiger partial charge in [-0.3, -0.25) is 4.79 Å². The Morgan fingerprint density at radius 2 is 2.00 bits per heavy atom. The van der Waals surface area contributed by atoms with Crippen molar-refractivity contribution in [1.29, 1.82) is 0 Å². The number of alkyl halides is 3. The fourth-order valence-electron chi connectivity index (χ4n) is 1.46. The van der Waals surface area contributed by atoms with Gasteiger partial charge in [0.25, 0.3) is 5.91 Å². The lowest BCUT2D eigenvalue weighted by atomic mass is 9.99. The van der Waals surface area contributed by atoms with E-state index < -0.39 is 23.2 Å². The first kappa shape index (κ1) is 17.0. The zero-order chi connectivity index (χ0) is 15.6. The van der Waals surface area contributed by atoms with Gasteiger partial charge in [-0.05, 0) is 47.5 Å². The molecule has 0 aromatic heterocycles. The highest BCUT2D eigenvalue weighted by Crippen LogP contribution is 2.32. The third kappa shape index (κ3) is 3.96. The lowest BCUT2D eigenvalue weighted by Gasteiger charge is -2.27. The van der Waals surface area contributed by atoms with Crippen LogP contribution in [0.1, 0.15) is 36.2 Å². The molecule has 20 heavy (non-hydrogen) atoms. The molecule has 0 aliphatic carbocycles. The molecule has 2 N–H and O–H groups in total. The first-order chi connectivity index (χ1) is 9.13. The average molecular weight is 354 g/mol. The van der Waals surface area contributed by atoms with Crippen molar-refractivity contribution < 1.29 is 23.1 Å². The lowest BCUT2D eigenvalue weighted by Crippen LogP contribution is -2.48. The summed E-state index contributed by atoms with van der Waals surface area (Å²) in [5.41, 5.74) is -1.88. The number of carbonyl (C=O) groups excluding carboxylic acids is 1. The van der Waals surface area contributed by atoms with Crippen molar-refractivity contribution in [2.24, 2.45) is 0 Å². The predicted octanol–water partition coefficient (Wildman–Crippen LogP) is 3.36. The zero-order valence-electron chi connectivity index (χ0n) is 11.0. The minimum Gasteiger partial charge on any atom is -0.394 e. The molecule has 112 valence electrons. The van der Waals surface area contributed by atoms with Gasteiger partial charge in [0, 0.05) is 4.47 Å². The van der Waals surface area contributed by atoms with Crippen LogP contribution in [0.5, 0.6) is 0 Å². The normalized spacial score (nSPS) is 14.8. The van der Waals surface area contributed by atoms with Gasteiger partial charge in [-0.25, -0.2) is 0 Å². The molecule has 1 unspecified atom stereocenters. The quantitative estimate of drug-likeness (QED) is 0.871. The molecule has 0 spiro atoms. The number of amides is 1. The number of nitrogens with one attached hydrogen (secondary N) is 1. The molecule has 1 atom stereocenters. The van der Waals surface area contributed by atoms with Crippen LogP contribution in [-0.2, 0) is 6.18 Å². The van der Waals surface area contributed by atoms with Crippen LogP contribution in [0.2, 0.25) is 0 Å². The first-order valence-electron chi connectivity index (χ1n) is 5.93. The Morgan fingerprint density at radius 3 is 2.45 bits per heavy atom. The minimum absolute atomic E-state index is 0.118. The van der Waals surface area contributed by atoms with Crippen LogP contribution in [0.25, 0.3) is 0 Å². The lowest BCUT2D eigenvalue weighted by molar-refractivity contribution is -0.137. The third-order valence-electron chi connectivity index (χ3n) is 3.08. The summed E-state index contributed by atoms with van der Waals surface area (Å²) < 4.78 is 38.2. The van der Waals surface area contributed by atoms with Gasteiger partial charge >= 0.3 is 6.18 Å². The van der Waals surface area contributed by atoms with Crippen LogP contribution in [0.4, 0.5) is 13.2 Å². The van der Waals surface area contributed by atoms with E-state index in [1.807, 2.05) is 0 Å². The van der Waals surface area contributed by atoms with E-state index in [1.54, 1.807) is 13.8 Å². The first-order valence-corrected chi connectivity index (χ1v) is 6.72. The number of hydrogen-bond donors (Lipinski definition) is 2. The maximum Gasteiger partial charge on any atom is 0.416 e. The third-order valence-corrected chi connectivity index (χ3v) is 3.77. The van der Waals surface area contributed by atoms with Crippen LogP contribution in [0.3, 0.4) is 0 Å². The summed E-state index contributed by atoms with van der Waals surface area (Å²) in [6.07, 6.45) is -4.06. The molecule has 0 aliphatic heterocycles. The van der Waals surface area contributed by atoms with Crippen molar-refractivity contribution in [1.82, 2.24) is 5.32 Å². The molecule has 0 saturated heterocycles. The Morgan fingerprint density at radius 1 is 1.40 bits per heavy atom. The molecule has 0 saturated carbocycles. The summed E-state index contributed by atoms with van der Waals surface area (Å²) in [7, 11) is 0. The van der Waals surface area contributed by atoms with Crippen LogP contribution in [0.15, 0.2) is 22.7 Å². The largest absolute Gasteiger partial charge is 0.416 e. The molecule has 1 aromatic carbocycles. The van der Waals surface area contributed by atoms with E-state index in [9.17, 15) is 23.1 Å². The number of hydrogen-bond acceptors (Lipinski definition) is 2. The number of aliphatic hydroxyl groups is 1. The van der Waals surface area contributed by atoms with Crippen molar-refractivity contribution >= 4 is 21.8 Å². The highest BCUT2D eigenvalue weighted by atomic mass is 79.9. The summed E-state index contributed by atoms with van der Waals surface area (Å²) in [4.78, 5) is 12.1. The van der Waals surface area contributed by atoms with Gasteiger partial charge in [0.1, 0.15) is 0 Å². The van der Waals surface area contributed by atoms with Gasteiger partial charge in [-0.2, -0.15) is 13.2 Å². The smallest absolute Gasteiger partial charge is 0.394 e. The van der Waals surface area contributed by atoms with Gasteiger partial charge in [-0.1, -0.05) is 6.92 Å². The van der Waals surface area contributed by atoms with Gasteiger partial charge in [0.15, 0.2) is 0 Å². The van der Waals surface area contributed by atoms with E-state index in [1.165, 1.54) is 6.07 Å². The molecule has 0 heterocycles. The van der Waals surface area contributed by atoms with Gasteiger partial charge < -0.3 is 10.4 Å².